The summed E-state index contributed by atoms with van der Waals surface area (Å²) < 4.78 is 19.9. The van der Waals surface area contributed by atoms with Crippen molar-refractivity contribution in [3.05, 3.63) is 63.9 Å². The first-order chi connectivity index (χ1) is 9.06. The van der Waals surface area contributed by atoms with Crippen molar-refractivity contribution in [1.82, 2.24) is 0 Å². The Bertz CT molecular complexity index is 566. The second-order valence-corrected chi connectivity index (χ2v) is 5.67. The molecule has 0 aliphatic carbocycles. The van der Waals surface area contributed by atoms with Gasteiger partial charge in [0, 0.05) is 4.47 Å². The van der Waals surface area contributed by atoms with Gasteiger partial charge >= 0.3 is 0 Å². The topological polar surface area (TPSA) is 9.23 Å². The van der Waals surface area contributed by atoms with Crippen LogP contribution < -0.4 is 4.74 Å². The van der Waals surface area contributed by atoms with Crippen LogP contribution in [0, 0.1) is 5.82 Å². The Hall–Kier alpha value is -1.35. The zero-order valence-electron chi connectivity index (χ0n) is 11.0. The zero-order chi connectivity index (χ0) is 13.8. The van der Waals surface area contributed by atoms with Gasteiger partial charge in [-0.1, -0.05) is 41.9 Å². The molecule has 0 spiro atoms. The summed E-state index contributed by atoms with van der Waals surface area (Å²) >= 11 is 3.47. The molecule has 0 bridgehead atoms. The van der Waals surface area contributed by atoms with E-state index in [9.17, 15) is 4.39 Å². The maximum atomic E-state index is 13.1. The van der Waals surface area contributed by atoms with Gasteiger partial charge < -0.3 is 4.74 Å². The molecular formula is C16H16BrFO. The van der Waals surface area contributed by atoms with E-state index in [1.54, 1.807) is 6.07 Å². The molecular weight excluding hydrogens is 307 g/mol. The third-order valence-electron chi connectivity index (χ3n) is 2.88. The molecule has 0 heterocycles. The minimum Gasteiger partial charge on any atom is -0.489 e. The van der Waals surface area contributed by atoms with Crippen molar-refractivity contribution in [3.63, 3.8) is 0 Å². The molecule has 0 unspecified atom stereocenters. The van der Waals surface area contributed by atoms with Crippen LogP contribution in [-0.4, -0.2) is 0 Å². The third kappa shape index (κ3) is 3.80. The number of benzene rings is 2. The number of hydrogen-bond acceptors (Lipinski definition) is 1. The molecule has 0 N–H and O–H groups in total. The largest absolute Gasteiger partial charge is 0.489 e. The minimum atomic E-state index is -0.235. The van der Waals surface area contributed by atoms with Crippen LogP contribution in [-0.2, 0) is 6.61 Å². The first-order valence-electron chi connectivity index (χ1n) is 6.23. The highest BCUT2D eigenvalue weighted by Crippen LogP contribution is 2.30. The van der Waals surface area contributed by atoms with Crippen LogP contribution >= 0.6 is 15.9 Å². The van der Waals surface area contributed by atoms with Crippen LogP contribution in [0.1, 0.15) is 30.9 Å². The Kier molecular flexibility index (Phi) is 4.59. The number of ether oxygens (including phenoxy) is 1. The highest BCUT2D eigenvalue weighted by Gasteiger charge is 2.09. The van der Waals surface area contributed by atoms with E-state index in [-0.39, 0.29) is 5.82 Å². The molecule has 2 aromatic rings. The summed E-state index contributed by atoms with van der Waals surface area (Å²) in [6.07, 6.45) is 0. The van der Waals surface area contributed by atoms with Crippen molar-refractivity contribution >= 4 is 15.9 Å². The van der Waals surface area contributed by atoms with Crippen molar-refractivity contribution in [2.45, 2.75) is 26.4 Å². The first-order valence-corrected chi connectivity index (χ1v) is 7.02. The van der Waals surface area contributed by atoms with E-state index in [4.69, 9.17) is 4.74 Å². The minimum absolute atomic E-state index is 0.235. The monoisotopic (exact) mass is 322 g/mol. The number of hydrogen-bond donors (Lipinski definition) is 0. The molecule has 19 heavy (non-hydrogen) atoms. The molecule has 0 aromatic heterocycles. The molecule has 0 atom stereocenters. The van der Waals surface area contributed by atoms with Gasteiger partial charge in [-0.25, -0.2) is 4.39 Å². The Labute approximate surface area is 121 Å². The fourth-order valence-electron chi connectivity index (χ4n) is 1.89. The molecule has 0 amide bonds. The van der Waals surface area contributed by atoms with Crippen LogP contribution in [0.15, 0.2) is 46.9 Å². The van der Waals surface area contributed by atoms with E-state index in [2.05, 4.69) is 35.8 Å². The standard InChI is InChI=1S/C16H16BrFO/c1-11(2)15-9-13(17)6-7-16(15)19-10-12-4-3-5-14(18)8-12/h3-9,11H,10H2,1-2H3. The van der Waals surface area contributed by atoms with Gasteiger partial charge in [-0.05, 0) is 47.4 Å². The third-order valence-corrected chi connectivity index (χ3v) is 3.37. The molecule has 3 heteroatoms. The van der Waals surface area contributed by atoms with Crippen molar-refractivity contribution in [3.8, 4) is 5.75 Å². The summed E-state index contributed by atoms with van der Waals surface area (Å²) in [4.78, 5) is 0. The molecule has 0 aliphatic rings. The van der Waals surface area contributed by atoms with Crippen molar-refractivity contribution in [2.75, 3.05) is 0 Å². The van der Waals surface area contributed by atoms with Crippen LogP contribution in [0.2, 0.25) is 0 Å². The molecule has 2 aromatic carbocycles. The van der Waals surface area contributed by atoms with E-state index in [1.165, 1.54) is 12.1 Å². The highest BCUT2D eigenvalue weighted by atomic mass is 79.9. The summed E-state index contributed by atoms with van der Waals surface area (Å²) in [5, 5.41) is 0. The molecule has 2 rings (SSSR count). The SMILES string of the molecule is CC(C)c1cc(Br)ccc1OCc1cccc(F)c1. The summed E-state index contributed by atoms with van der Waals surface area (Å²) in [7, 11) is 0. The van der Waals surface area contributed by atoms with Gasteiger partial charge in [0.15, 0.2) is 0 Å². The Morgan fingerprint density at radius 3 is 2.63 bits per heavy atom. The lowest BCUT2D eigenvalue weighted by molar-refractivity contribution is 0.301. The molecule has 1 nitrogen and oxygen atoms in total. The van der Waals surface area contributed by atoms with Crippen LogP contribution in [0.25, 0.3) is 0 Å². The maximum absolute atomic E-state index is 13.1. The lowest BCUT2D eigenvalue weighted by Gasteiger charge is -2.14. The smallest absolute Gasteiger partial charge is 0.123 e. The maximum Gasteiger partial charge on any atom is 0.123 e. The normalized spacial score (nSPS) is 10.8. The van der Waals surface area contributed by atoms with E-state index in [0.29, 0.717) is 12.5 Å². The van der Waals surface area contributed by atoms with Crippen LogP contribution in [0.5, 0.6) is 5.75 Å². The van der Waals surface area contributed by atoms with Gasteiger partial charge in [0.25, 0.3) is 0 Å². The Morgan fingerprint density at radius 1 is 1.16 bits per heavy atom. The van der Waals surface area contributed by atoms with E-state index in [1.807, 2.05) is 18.2 Å². The Balaban J connectivity index is 2.15. The van der Waals surface area contributed by atoms with Gasteiger partial charge in [-0.3, -0.25) is 0 Å². The quantitative estimate of drug-likeness (QED) is 0.743. The molecule has 0 saturated heterocycles. The average molecular weight is 323 g/mol. The first kappa shape index (κ1) is 14.1. The fourth-order valence-corrected chi connectivity index (χ4v) is 2.27. The number of halogens is 2. The summed E-state index contributed by atoms with van der Waals surface area (Å²) in [5.41, 5.74) is 1.98. The molecule has 0 aliphatic heterocycles. The van der Waals surface area contributed by atoms with E-state index in [0.717, 1.165) is 21.3 Å². The summed E-state index contributed by atoms with van der Waals surface area (Å²) in [6, 6.07) is 12.4. The lowest BCUT2D eigenvalue weighted by atomic mass is 10.0. The van der Waals surface area contributed by atoms with Gasteiger partial charge in [-0.2, -0.15) is 0 Å². The predicted molar refractivity (Wildman–Crippen MR) is 79.0 cm³/mol. The second-order valence-electron chi connectivity index (χ2n) is 4.76. The predicted octanol–water partition coefficient (Wildman–Crippen LogP) is 5.29. The van der Waals surface area contributed by atoms with Crippen LogP contribution in [0.4, 0.5) is 4.39 Å². The highest BCUT2D eigenvalue weighted by molar-refractivity contribution is 9.10. The molecule has 0 fully saturated rings. The Morgan fingerprint density at radius 2 is 1.95 bits per heavy atom. The second kappa shape index (κ2) is 6.20. The van der Waals surface area contributed by atoms with Gasteiger partial charge in [0.2, 0.25) is 0 Å². The van der Waals surface area contributed by atoms with Gasteiger partial charge in [0.1, 0.15) is 18.2 Å². The van der Waals surface area contributed by atoms with Crippen molar-refractivity contribution in [1.29, 1.82) is 0 Å². The van der Waals surface area contributed by atoms with Crippen LogP contribution in [0.3, 0.4) is 0 Å². The lowest BCUT2D eigenvalue weighted by Crippen LogP contribution is -2.00. The molecule has 0 radical (unpaired) electrons. The number of rotatable bonds is 4. The zero-order valence-corrected chi connectivity index (χ0v) is 12.6. The van der Waals surface area contributed by atoms with E-state index >= 15 is 0 Å². The fraction of sp³-hybridized carbons (Fsp3) is 0.250. The summed E-state index contributed by atoms with van der Waals surface area (Å²) in [6.45, 7) is 4.62. The average Bonchev–Trinajstić information content (AvgIpc) is 2.37. The summed E-state index contributed by atoms with van der Waals surface area (Å²) in [5.74, 6) is 0.989. The van der Waals surface area contributed by atoms with Crippen molar-refractivity contribution in [2.24, 2.45) is 0 Å². The molecule has 100 valence electrons. The molecule has 0 saturated carbocycles. The van der Waals surface area contributed by atoms with Gasteiger partial charge in [-0.15, -0.1) is 0 Å². The van der Waals surface area contributed by atoms with Crippen molar-refractivity contribution < 1.29 is 9.13 Å². The van der Waals surface area contributed by atoms with Gasteiger partial charge in [0.05, 0.1) is 0 Å². The van der Waals surface area contributed by atoms with E-state index < -0.39 is 0 Å².